The van der Waals surface area contributed by atoms with Crippen LogP contribution >= 0.6 is 23.2 Å². The van der Waals surface area contributed by atoms with Crippen LogP contribution in [0, 0.1) is 0 Å². The molecule has 0 aliphatic carbocycles. The van der Waals surface area contributed by atoms with E-state index in [-0.39, 0.29) is 0 Å². The molecule has 0 fully saturated rings. The average molecular weight is 283 g/mol. The van der Waals surface area contributed by atoms with Crippen molar-refractivity contribution in [1.82, 2.24) is 0 Å². The first-order valence-electron chi connectivity index (χ1n) is 4.48. The van der Waals surface area contributed by atoms with Gasteiger partial charge >= 0.3 is 0 Å². The summed E-state index contributed by atoms with van der Waals surface area (Å²) in [7, 11) is -3.58. The zero-order valence-electron chi connectivity index (χ0n) is 8.81. The Bertz CT molecular complexity index is 465. The summed E-state index contributed by atoms with van der Waals surface area (Å²) in [5, 5.41) is 10.4. The minimum Gasteiger partial charge on any atom is -0.385 e. The van der Waals surface area contributed by atoms with Gasteiger partial charge in [0.25, 0.3) is 0 Å². The van der Waals surface area contributed by atoms with Gasteiger partial charge in [-0.1, -0.05) is 35.3 Å². The Morgan fingerprint density at radius 1 is 1.31 bits per heavy atom. The predicted molar refractivity (Wildman–Crippen MR) is 65.5 cm³/mol. The van der Waals surface area contributed by atoms with Crippen LogP contribution in [-0.4, -0.2) is 24.0 Å². The van der Waals surface area contributed by atoms with Gasteiger partial charge in [-0.2, -0.15) is 0 Å². The molecule has 0 aliphatic heterocycles. The Hall–Kier alpha value is -0.290. The maximum Gasteiger partial charge on any atom is 0.172 e. The van der Waals surface area contributed by atoms with Crippen LogP contribution < -0.4 is 0 Å². The van der Waals surface area contributed by atoms with Crippen LogP contribution in [0.5, 0.6) is 0 Å². The van der Waals surface area contributed by atoms with Crippen molar-refractivity contribution >= 4 is 33.0 Å². The standard InChI is InChI=1S/C10H12Cl2O3S/c1-10(12,16(2,14)15)9(13)7-3-5-8(11)6-4-7/h3-6,9,13H,1-2H3/t9-,10+/m0/s1. The first-order valence-corrected chi connectivity index (χ1v) is 7.13. The highest BCUT2D eigenvalue weighted by Gasteiger charge is 2.41. The number of aliphatic hydroxyl groups excluding tert-OH is 1. The molecule has 2 atom stereocenters. The summed E-state index contributed by atoms with van der Waals surface area (Å²) in [6, 6.07) is 6.21. The Morgan fingerprint density at radius 3 is 2.12 bits per heavy atom. The lowest BCUT2D eigenvalue weighted by Gasteiger charge is -2.26. The number of halogens is 2. The Labute approximate surface area is 105 Å². The fourth-order valence-electron chi connectivity index (χ4n) is 1.15. The first kappa shape index (κ1) is 13.8. The molecule has 0 aliphatic rings. The SMILES string of the molecule is C[C@](Cl)([C@@H](O)c1ccc(Cl)cc1)S(C)(=O)=O. The first-order chi connectivity index (χ1) is 7.16. The number of rotatable bonds is 3. The van der Waals surface area contributed by atoms with E-state index in [0.717, 1.165) is 6.26 Å². The van der Waals surface area contributed by atoms with Crippen molar-refractivity contribution in [3.8, 4) is 0 Å². The molecule has 3 nitrogen and oxygen atoms in total. The quantitative estimate of drug-likeness (QED) is 0.866. The molecule has 0 unspecified atom stereocenters. The largest absolute Gasteiger partial charge is 0.385 e. The van der Waals surface area contributed by atoms with Gasteiger partial charge < -0.3 is 5.11 Å². The van der Waals surface area contributed by atoms with Gasteiger partial charge in [0.15, 0.2) is 14.0 Å². The van der Waals surface area contributed by atoms with Crippen molar-refractivity contribution < 1.29 is 13.5 Å². The summed E-state index contributed by atoms with van der Waals surface area (Å²) in [6.07, 6.45) is -0.319. The van der Waals surface area contributed by atoms with Crippen LogP contribution in [0.2, 0.25) is 5.02 Å². The topological polar surface area (TPSA) is 54.4 Å². The van der Waals surface area contributed by atoms with Crippen LogP contribution in [-0.2, 0) is 9.84 Å². The smallest absolute Gasteiger partial charge is 0.172 e. The van der Waals surface area contributed by atoms with Crippen molar-refractivity contribution in [2.75, 3.05) is 6.26 Å². The van der Waals surface area contributed by atoms with Gasteiger partial charge in [0.2, 0.25) is 0 Å². The zero-order valence-corrected chi connectivity index (χ0v) is 11.1. The third-order valence-corrected chi connectivity index (χ3v) is 5.37. The highest BCUT2D eigenvalue weighted by atomic mass is 35.5. The van der Waals surface area contributed by atoms with Gasteiger partial charge in [-0.25, -0.2) is 8.42 Å². The molecule has 0 radical (unpaired) electrons. The van der Waals surface area contributed by atoms with E-state index in [1.807, 2.05) is 0 Å². The number of benzene rings is 1. The summed E-state index contributed by atoms with van der Waals surface area (Å²) < 4.78 is 21.1. The summed E-state index contributed by atoms with van der Waals surface area (Å²) in [5.74, 6) is 0. The Balaban J connectivity index is 3.12. The van der Waals surface area contributed by atoms with Gasteiger partial charge in [-0.3, -0.25) is 0 Å². The predicted octanol–water partition coefficient (Wildman–Crippen LogP) is 2.37. The fourth-order valence-corrected chi connectivity index (χ4v) is 1.94. The zero-order chi connectivity index (χ0) is 12.6. The number of aliphatic hydroxyl groups is 1. The molecule has 0 heterocycles. The number of sulfone groups is 1. The lowest BCUT2D eigenvalue weighted by Crippen LogP contribution is -2.35. The molecule has 1 aromatic carbocycles. The van der Waals surface area contributed by atoms with Crippen LogP contribution in [0.1, 0.15) is 18.6 Å². The second-order valence-corrected chi connectivity index (χ2v) is 7.55. The number of hydrogen-bond donors (Lipinski definition) is 1. The summed E-state index contributed by atoms with van der Waals surface area (Å²) >= 11 is 11.6. The minimum absolute atomic E-state index is 0.410. The molecular formula is C10H12Cl2O3S. The maximum absolute atomic E-state index is 11.4. The lowest BCUT2D eigenvalue weighted by atomic mass is 10.1. The lowest BCUT2D eigenvalue weighted by molar-refractivity contribution is 0.163. The molecule has 1 rings (SSSR count). The van der Waals surface area contributed by atoms with Crippen molar-refractivity contribution in [3.05, 3.63) is 34.9 Å². The highest BCUT2D eigenvalue weighted by Crippen LogP contribution is 2.36. The highest BCUT2D eigenvalue weighted by molar-refractivity contribution is 7.93. The van der Waals surface area contributed by atoms with Gasteiger partial charge in [-0.05, 0) is 24.6 Å². The van der Waals surface area contributed by atoms with Crippen molar-refractivity contribution in [1.29, 1.82) is 0 Å². The minimum atomic E-state index is -3.58. The average Bonchev–Trinajstić information content (AvgIpc) is 2.16. The fraction of sp³-hybridized carbons (Fsp3) is 0.400. The van der Waals surface area contributed by atoms with Crippen molar-refractivity contribution in [3.63, 3.8) is 0 Å². The van der Waals surface area contributed by atoms with Crippen LogP contribution in [0.4, 0.5) is 0 Å². The monoisotopic (exact) mass is 282 g/mol. The van der Waals surface area contributed by atoms with Gasteiger partial charge in [0.05, 0.1) is 0 Å². The second kappa shape index (κ2) is 4.53. The molecular weight excluding hydrogens is 271 g/mol. The van der Waals surface area contributed by atoms with Gasteiger partial charge in [0.1, 0.15) is 6.10 Å². The molecule has 0 amide bonds. The maximum atomic E-state index is 11.4. The number of hydrogen-bond acceptors (Lipinski definition) is 3. The normalized spacial score (nSPS) is 17.8. The second-order valence-electron chi connectivity index (χ2n) is 3.71. The van der Waals surface area contributed by atoms with E-state index in [1.165, 1.54) is 6.92 Å². The van der Waals surface area contributed by atoms with Crippen LogP contribution in [0.15, 0.2) is 24.3 Å². The molecule has 90 valence electrons. The molecule has 0 saturated heterocycles. The molecule has 0 bridgehead atoms. The van der Waals surface area contributed by atoms with Gasteiger partial charge in [0, 0.05) is 11.3 Å². The molecule has 6 heteroatoms. The molecule has 0 saturated carbocycles. The molecule has 1 aromatic rings. The molecule has 1 N–H and O–H groups in total. The summed E-state index contributed by atoms with van der Waals surface area (Å²) in [6.45, 7) is 1.27. The van der Waals surface area contributed by atoms with Crippen molar-refractivity contribution in [2.45, 2.75) is 17.2 Å². The third kappa shape index (κ3) is 2.69. The molecule has 0 aromatic heterocycles. The van der Waals surface area contributed by atoms with E-state index in [9.17, 15) is 13.5 Å². The van der Waals surface area contributed by atoms with Crippen LogP contribution in [0.25, 0.3) is 0 Å². The Kier molecular flexibility index (Phi) is 3.90. The summed E-state index contributed by atoms with van der Waals surface area (Å²) in [5.41, 5.74) is 0.410. The third-order valence-electron chi connectivity index (χ3n) is 2.40. The van der Waals surface area contributed by atoms with Crippen molar-refractivity contribution in [2.24, 2.45) is 0 Å². The van der Waals surface area contributed by atoms with Gasteiger partial charge in [-0.15, -0.1) is 0 Å². The van der Waals surface area contributed by atoms with E-state index in [2.05, 4.69) is 0 Å². The van der Waals surface area contributed by atoms with E-state index in [0.29, 0.717) is 10.6 Å². The Morgan fingerprint density at radius 2 is 1.75 bits per heavy atom. The van der Waals surface area contributed by atoms with E-state index < -0.39 is 20.1 Å². The molecule has 16 heavy (non-hydrogen) atoms. The van der Waals surface area contributed by atoms with Crippen LogP contribution in [0.3, 0.4) is 0 Å². The summed E-state index contributed by atoms with van der Waals surface area (Å²) in [4.78, 5) is 0. The van der Waals surface area contributed by atoms with E-state index in [1.54, 1.807) is 24.3 Å². The molecule has 0 spiro atoms. The van der Waals surface area contributed by atoms with E-state index >= 15 is 0 Å². The van der Waals surface area contributed by atoms with E-state index in [4.69, 9.17) is 23.2 Å². The number of alkyl halides is 1.